The zero-order valence-corrected chi connectivity index (χ0v) is 11.0. The molecule has 0 radical (unpaired) electrons. The van der Waals surface area contributed by atoms with Crippen LogP contribution >= 0.6 is 11.3 Å². The minimum Gasteiger partial charge on any atom is -0.478 e. The maximum atomic E-state index is 11.9. The van der Waals surface area contributed by atoms with Gasteiger partial charge in [0.15, 0.2) is 0 Å². The molecule has 98 valence electrons. The molecule has 1 rings (SSSR count). The topological polar surface area (TPSA) is 75.6 Å². The number of methoxy groups -OCH3 is 1. The first kappa shape index (κ1) is 14.4. The van der Waals surface area contributed by atoms with Gasteiger partial charge in [-0.1, -0.05) is 0 Å². The van der Waals surface area contributed by atoms with Gasteiger partial charge in [0.05, 0.1) is 11.5 Å². The average Bonchev–Trinajstić information content (AvgIpc) is 2.74. The summed E-state index contributed by atoms with van der Waals surface area (Å²) in [6.45, 7) is 2.26. The van der Waals surface area contributed by atoms with Crippen molar-refractivity contribution < 1.29 is 19.4 Å². The lowest BCUT2D eigenvalue weighted by molar-refractivity contribution is -0.131. The van der Waals surface area contributed by atoms with Crippen molar-refractivity contribution in [2.24, 2.45) is 0 Å². The van der Waals surface area contributed by atoms with E-state index in [0.29, 0.717) is 17.0 Å². The van der Waals surface area contributed by atoms with Crippen LogP contribution in [0.2, 0.25) is 0 Å². The molecule has 2 N–H and O–H groups in total. The molecular formula is C12H15NO4S. The summed E-state index contributed by atoms with van der Waals surface area (Å²) in [6.07, 6.45) is 2.42. The minimum atomic E-state index is -1.04. The third-order valence-corrected chi connectivity index (χ3v) is 3.03. The highest BCUT2D eigenvalue weighted by Gasteiger charge is 2.14. The Morgan fingerprint density at radius 2 is 2.33 bits per heavy atom. The molecule has 0 aliphatic heterocycles. The molecule has 0 saturated carbocycles. The smallest absolute Gasteiger partial charge is 0.328 e. The summed E-state index contributed by atoms with van der Waals surface area (Å²) in [5, 5.41) is 13.1. The first-order valence-corrected chi connectivity index (χ1v) is 6.21. The number of carbonyl (C=O) groups excluding carboxylic acids is 1. The monoisotopic (exact) mass is 269 g/mol. The van der Waals surface area contributed by atoms with E-state index < -0.39 is 5.97 Å². The van der Waals surface area contributed by atoms with Crippen molar-refractivity contribution >= 4 is 29.3 Å². The molecule has 1 heterocycles. The highest BCUT2D eigenvalue weighted by atomic mass is 32.1. The molecule has 18 heavy (non-hydrogen) atoms. The van der Waals surface area contributed by atoms with Crippen LogP contribution in [0.1, 0.15) is 22.2 Å². The van der Waals surface area contributed by atoms with E-state index >= 15 is 0 Å². The van der Waals surface area contributed by atoms with E-state index in [-0.39, 0.29) is 11.9 Å². The van der Waals surface area contributed by atoms with Crippen molar-refractivity contribution in [2.45, 2.75) is 13.0 Å². The van der Waals surface area contributed by atoms with Gasteiger partial charge in [-0.05, 0) is 30.0 Å². The van der Waals surface area contributed by atoms with Gasteiger partial charge in [0.25, 0.3) is 5.91 Å². The van der Waals surface area contributed by atoms with E-state index in [9.17, 15) is 9.59 Å². The molecule has 0 aliphatic carbocycles. The van der Waals surface area contributed by atoms with Gasteiger partial charge in [-0.2, -0.15) is 0 Å². The number of rotatable bonds is 6. The van der Waals surface area contributed by atoms with Crippen LogP contribution in [0.15, 0.2) is 17.5 Å². The van der Waals surface area contributed by atoms with E-state index in [0.717, 1.165) is 6.08 Å². The van der Waals surface area contributed by atoms with Gasteiger partial charge in [-0.15, -0.1) is 11.3 Å². The molecule has 0 saturated heterocycles. The molecule has 0 aliphatic rings. The Morgan fingerprint density at radius 1 is 1.61 bits per heavy atom. The van der Waals surface area contributed by atoms with E-state index in [1.54, 1.807) is 18.6 Å². The molecule has 1 atom stereocenters. The fraction of sp³-hybridized carbons (Fsp3) is 0.333. The van der Waals surface area contributed by atoms with E-state index in [1.807, 2.05) is 6.92 Å². The number of thiophene rings is 1. The molecule has 0 spiro atoms. The summed E-state index contributed by atoms with van der Waals surface area (Å²) in [6, 6.07) is 1.61. The highest BCUT2D eigenvalue weighted by molar-refractivity contribution is 7.12. The molecular weight excluding hydrogens is 254 g/mol. The molecule has 6 heteroatoms. The fourth-order valence-corrected chi connectivity index (χ4v) is 2.17. The number of hydrogen-bond acceptors (Lipinski definition) is 4. The van der Waals surface area contributed by atoms with Crippen LogP contribution < -0.4 is 5.32 Å². The lowest BCUT2D eigenvalue weighted by Gasteiger charge is -2.12. The van der Waals surface area contributed by atoms with E-state index in [4.69, 9.17) is 9.84 Å². The zero-order valence-electron chi connectivity index (χ0n) is 10.2. The van der Waals surface area contributed by atoms with Crippen molar-refractivity contribution in [3.8, 4) is 0 Å². The Labute approximate surface area is 109 Å². The number of carboxylic acid groups (broad SMARTS) is 1. The Morgan fingerprint density at radius 3 is 2.94 bits per heavy atom. The SMILES string of the molecule is COCC(C)NC(=O)c1sccc1/C=C/C(=O)O. The number of carbonyl (C=O) groups is 2. The molecule has 1 aromatic rings. The third kappa shape index (κ3) is 4.31. The van der Waals surface area contributed by atoms with Gasteiger partial charge < -0.3 is 15.2 Å². The second kappa shape index (κ2) is 6.93. The number of aliphatic carboxylic acids is 1. The first-order valence-electron chi connectivity index (χ1n) is 5.33. The van der Waals surface area contributed by atoms with Crippen LogP contribution in [0.4, 0.5) is 0 Å². The lowest BCUT2D eigenvalue weighted by Crippen LogP contribution is -2.35. The summed E-state index contributed by atoms with van der Waals surface area (Å²) in [4.78, 5) is 22.9. The molecule has 5 nitrogen and oxygen atoms in total. The van der Waals surface area contributed by atoms with E-state index in [1.165, 1.54) is 17.4 Å². The predicted octanol–water partition coefficient (Wildman–Crippen LogP) is 1.61. The predicted molar refractivity (Wildman–Crippen MR) is 69.8 cm³/mol. The number of carboxylic acids is 1. The van der Waals surface area contributed by atoms with Crippen molar-refractivity contribution in [3.63, 3.8) is 0 Å². The maximum Gasteiger partial charge on any atom is 0.328 e. The quantitative estimate of drug-likeness (QED) is 0.769. The third-order valence-electron chi connectivity index (χ3n) is 2.10. The molecule has 0 fully saturated rings. The molecule has 1 unspecified atom stereocenters. The summed E-state index contributed by atoms with van der Waals surface area (Å²) < 4.78 is 4.93. The number of ether oxygens (including phenoxy) is 1. The summed E-state index contributed by atoms with van der Waals surface area (Å²) in [5.41, 5.74) is 0.601. The minimum absolute atomic E-state index is 0.0964. The van der Waals surface area contributed by atoms with E-state index in [2.05, 4.69) is 5.32 Å². The van der Waals surface area contributed by atoms with Crippen LogP contribution in [0.25, 0.3) is 6.08 Å². The highest BCUT2D eigenvalue weighted by Crippen LogP contribution is 2.18. The number of nitrogens with one attached hydrogen (secondary N) is 1. The van der Waals surface area contributed by atoms with Crippen molar-refractivity contribution in [1.29, 1.82) is 0 Å². The van der Waals surface area contributed by atoms with Gasteiger partial charge in [-0.3, -0.25) is 4.79 Å². The van der Waals surface area contributed by atoms with Gasteiger partial charge in [0.2, 0.25) is 0 Å². The summed E-state index contributed by atoms with van der Waals surface area (Å²) in [5.74, 6) is -1.26. The number of hydrogen-bond donors (Lipinski definition) is 2. The van der Waals surface area contributed by atoms with Crippen molar-refractivity contribution in [3.05, 3.63) is 28.0 Å². The van der Waals surface area contributed by atoms with Gasteiger partial charge in [0, 0.05) is 19.2 Å². The van der Waals surface area contributed by atoms with Gasteiger partial charge >= 0.3 is 5.97 Å². The molecule has 1 amide bonds. The lowest BCUT2D eigenvalue weighted by atomic mass is 10.2. The maximum absolute atomic E-state index is 11.9. The Bertz CT molecular complexity index is 453. The van der Waals surface area contributed by atoms with Crippen molar-refractivity contribution in [2.75, 3.05) is 13.7 Å². The fourth-order valence-electron chi connectivity index (χ4n) is 1.38. The van der Waals surface area contributed by atoms with Crippen LogP contribution in [-0.4, -0.2) is 36.7 Å². The van der Waals surface area contributed by atoms with Gasteiger partial charge in [-0.25, -0.2) is 4.79 Å². The number of amides is 1. The second-order valence-electron chi connectivity index (χ2n) is 3.71. The summed E-state index contributed by atoms with van der Waals surface area (Å²) >= 11 is 1.27. The standard InChI is InChI=1S/C12H15NO4S/c1-8(7-17-2)13-12(16)11-9(5-6-18-11)3-4-10(14)15/h3-6,8H,7H2,1-2H3,(H,13,16)(H,14,15)/b4-3+. The first-order chi connectivity index (χ1) is 8.54. The molecule has 0 aromatic carbocycles. The Hall–Kier alpha value is -1.66. The largest absolute Gasteiger partial charge is 0.478 e. The van der Waals surface area contributed by atoms with Crippen LogP contribution in [0.5, 0.6) is 0 Å². The summed E-state index contributed by atoms with van der Waals surface area (Å²) in [7, 11) is 1.56. The van der Waals surface area contributed by atoms with Crippen LogP contribution in [0.3, 0.4) is 0 Å². The van der Waals surface area contributed by atoms with Crippen LogP contribution in [-0.2, 0) is 9.53 Å². The Kier molecular flexibility index (Phi) is 5.54. The van der Waals surface area contributed by atoms with Gasteiger partial charge in [0.1, 0.15) is 0 Å². The molecule has 1 aromatic heterocycles. The molecule has 0 bridgehead atoms. The average molecular weight is 269 g/mol. The Balaban J connectivity index is 2.74. The normalized spacial score (nSPS) is 12.6. The second-order valence-corrected chi connectivity index (χ2v) is 4.62. The van der Waals surface area contributed by atoms with Crippen LogP contribution in [0, 0.1) is 0 Å². The van der Waals surface area contributed by atoms with Crippen molar-refractivity contribution in [1.82, 2.24) is 5.32 Å². The zero-order chi connectivity index (χ0) is 13.5.